The standard InChI is InChI=1S/C12H19N3O2/c1-3-12(4-2)10(16)14-9(15-11(12)17)8(13)7-5-6-7/h7-8H,3-6,13H2,1-2H3,(H,14,15,16,17). The van der Waals surface area contributed by atoms with Crippen LogP contribution in [0.3, 0.4) is 0 Å². The summed E-state index contributed by atoms with van der Waals surface area (Å²) >= 11 is 0. The summed E-state index contributed by atoms with van der Waals surface area (Å²) in [6.07, 6.45) is 3.06. The van der Waals surface area contributed by atoms with Gasteiger partial charge in [-0.3, -0.25) is 9.59 Å². The largest absolute Gasteiger partial charge is 0.321 e. The highest BCUT2D eigenvalue weighted by atomic mass is 16.2. The van der Waals surface area contributed by atoms with Crippen LogP contribution >= 0.6 is 0 Å². The summed E-state index contributed by atoms with van der Waals surface area (Å²) in [5, 5.41) is 2.73. The molecule has 0 saturated heterocycles. The number of hydrogen-bond donors (Lipinski definition) is 2. The highest BCUT2D eigenvalue weighted by Crippen LogP contribution is 2.35. The van der Waals surface area contributed by atoms with Crippen LogP contribution in [0.5, 0.6) is 0 Å². The zero-order chi connectivity index (χ0) is 12.6. The lowest BCUT2D eigenvalue weighted by Gasteiger charge is -2.32. The highest BCUT2D eigenvalue weighted by Gasteiger charge is 2.47. The predicted octanol–water partition coefficient (Wildman–Crippen LogP) is 0.585. The summed E-state index contributed by atoms with van der Waals surface area (Å²) in [4.78, 5) is 28.1. The maximum Gasteiger partial charge on any atom is 0.263 e. The van der Waals surface area contributed by atoms with E-state index in [-0.39, 0.29) is 17.9 Å². The normalized spacial score (nSPS) is 25.2. The van der Waals surface area contributed by atoms with Crippen molar-refractivity contribution < 1.29 is 9.59 Å². The fourth-order valence-electron chi connectivity index (χ4n) is 2.29. The van der Waals surface area contributed by atoms with Gasteiger partial charge in [-0.2, -0.15) is 4.99 Å². The molecule has 1 atom stereocenters. The molecule has 5 heteroatoms. The predicted molar refractivity (Wildman–Crippen MR) is 64.3 cm³/mol. The number of nitrogens with one attached hydrogen (secondary N) is 1. The smallest absolute Gasteiger partial charge is 0.263 e. The van der Waals surface area contributed by atoms with E-state index in [0.29, 0.717) is 24.6 Å². The molecule has 17 heavy (non-hydrogen) atoms. The lowest BCUT2D eigenvalue weighted by atomic mass is 9.79. The SMILES string of the molecule is CCC1(CC)C(=O)N=C(C(N)C2CC2)NC1=O. The lowest BCUT2D eigenvalue weighted by Crippen LogP contribution is -2.56. The van der Waals surface area contributed by atoms with E-state index >= 15 is 0 Å². The van der Waals surface area contributed by atoms with Gasteiger partial charge in [0, 0.05) is 0 Å². The van der Waals surface area contributed by atoms with Gasteiger partial charge in [0.05, 0.1) is 6.04 Å². The van der Waals surface area contributed by atoms with Crippen LogP contribution in [0.4, 0.5) is 0 Å². The first-order chi connectivity index (χ1) is 8.05. The molecule has 0 aromatic carbocycles. The Morgan fingerprint density at radius 3 is 2.41 bits per heavy atom. The Bertz CT molecular complexity index is 381. The fraction of sp³-hybridized carbons (Fsp3) is 0.750. The van der Waals surface area contributed by atoms with Crippen molar-refractivity contribution >= 4 is 17.6 Å². The van der Waals surface area contributed by atoms with Crippen molar-refractivity contribution in [2.45, 2.75) is 45.6 Å². The molecule has 2 rings (SSSR count). The number of hydrogen-bond acceptors (Lipinski definition) is 3. The fourth-order valence-corrected chi connectivity index (χ4v) is 2.29. The Hall–Kier alpha value is -1.23. The first-order valence-corrected chi connectivity index (χ1v) is 6.25. The molecular formula is C12H19N3O2. The van der Waals surface area contributed by atoms with Crippen LogP contribution in [0.2, 0.25) is 0 Å². The Morgan fingerprint density at radius 1 is 1.41 bits per heavy atom. The summed E-state index contributed by atoms with van der Waals surface area (Å²) in [5.74, 6) is 0.156. The molecule has 94 valence electrons. The van der Waals surface area contributed by atoms with E-state index in [1.807, 2.05) is 13.8 Å². The monoisotopic (exact) mass is 237 g/mol. The zero-order valence-corrected chi connectivity index (χ0v) is 10.3. The first kappa shape index (κ1) is 12.2. The molecule has 2 aliphatic rings. The molecule has 5 nitrogen and oxygen atoms in total. The van der Waals surface area contributed by atoms with Gasteiger partial charge in [0.1, 0.15) is 11.3 Å². The molecule has 1 aliphatic carbocycles. The molecule has 1 heterocycles. The van der Waals surface area contributed by atoms with Gasteiger partial charge in [-0.1, -0.05) is 13.8 Å². The Labute approximate surface area is 101 Å². The van der Waals surface area contributed by atoms with Crippen LogP contribution in [0.25, 0.3) is 0 Å². The molecule has 2 amide bonds. The van der Waals surface area contributed by atoms with Gasteiger partial charge >= 0.3 is 0 Å². The van der Waals surface area contributed by atoms with Gasteiger partial charge in [0.15, 0.2) is 0 Å². The number of nitrogens with zero attached hydrogens (tertiary/aromatic N) is 1. The van der Waals surface area contributed by atoms with Crippen molar-refractivity contribution in [2.24, 2.45) is 22.1 Å². The van der Waals surface area contributed by atoms with Gasteiger partial charge < -0.3 is 11.1 Å². The second-order valence-corrected chi connectivity index (χ2v) is 4.91. The van der Waals surface area contributed by atoms with E-state index in [2.05, 4.69) is 10.3 Å². The third-order valence-electron chi connectivity index (χ3n) is 3.96. The number of aliphatic imine (C=N–C) groups is 1. The summed E-state index contributed by atoms with van der Waals surface area (Å²) in [6.45, 7) is 3.67. The molecule has 0 aromatic rings. The van der Waals surface area contributed by atoms with Crippen molar-refractivity contribution in [3.63, 3.8) is 0 Å². The second kappa shape index (κ2) is 4.22. The van der Waals surface area contributed by atoms with Crippen LogP contribution in [-0.4, -0.2) is 23.7 Å². The van der Waals surface area contributed by atoms with Gasteiger partial charge in [0.25, 0.3) is 5.91 Å². The quantitative estimate of drug-likeness (QED) is 0.702. The summed E-state index contributed by atoms with van der Waals surface area (Å²) in [6, 6.07) is -0.297. The van der Waals surface area contributed by atoms with Crippen LogP contribution < -0.4 is 11.1 Å². The van der Waals surface area contributed by atoms with E-state index in [1.54, 1.807) is 0 Å². The maximum atomic E-state index is 12.1. The van der Waals surface area contributed by atoms with Gasteiger partial charge in [-0.15, -0.1) is 0 Å². The average Bonchev–Trinajstić information content (AvgIpc) is 3.12. The molecule has 0 radical (unpaired) electrons. The first-order valence-electron chi connectivity index (χ1n) is 6.25. The van der Waals surface area contributed by atoms with Crippen molar-refractivity contribution in [2.75, 3.05) is 0 Å². The van der Waals surface area contributed by atoms with Crippen LogP contribution in [0, 0.1) is 11.3 Å². The molecular weight excluding hydrogens is 218 g/mol. The van der Waals surface area contributed by atoms with E-state index in [0.717, 1.165) is 12.8 Å². The molecule has 1 fully saturated rings. The van der Waals surface area contributed by atoms with E-state index in [1.165, 1.54) is 0 Å². The molecule has 1 aliphatic heterocycles. The maximum absolute atomic E-state index is 12.1. The molecule has 3 N–H and O–H groups in total. The third kappa shape index (κ3) is 1.88. The Morgan fingerprint density at radius 2 is 2.00 bits per heavy atom. The molecule has 1 saturated carbocycles. The number of carbonyl (C=O) groups excluding carboxylic acids is 2. The number of rotatable bonds is 4. The van der Waals surface area contributed by atoms with Crippen molar-refractivity contribution in [3.8, 4) is 0 Å². The molecule has 0 bridgehead atoms. The number of amides is 2. The minimum atomic E-state index is -0.979. The van der Waals surface area contributed by atoms with Crippen molar-refractivity contribution in [3.05, 3.63) is 0 Å². The van der Waals surface area contributed by atoms with Crippen LogP contribution in [-0.2, 0) is 9.59 Å². The molecule has 1 unspecified atom stereocenters. The average molecular weight is 237 g/mol. The lowest BCUT2D eigenvalue weighted by molar-refractivity contribution is -0.142. The van der Waals surface area contributed by atoms with Crippen molar-refractivity contribution in [1.82, 2.24) is 5.32 Å². The minimum Gasteiger partial charge on any atom is -0.321 e. The third-order valence-corrected chi connectivity index (χ3v) is 3.96. The van der Waals surface area contributed by atoms with Gasteiger partial charge in [-0.05, 0) is 31.6 Å². The number of carbonyl (C=O) groups is 2. The topological polar surface area (TPSA) is 84.6 Å². The zero-order valence-electron chi connectivity index (χ0n) is 10.3. The van der Waals surface area contributed by atoms with Crippen molar-refractivity contribution in [1.29, 1.82) is 0 Å². The van der Waals surface area contributed by atoms with Gasteiger partial charge in [0.2, 0.25) is 5.91 Å². The summed E-state index contributed by atoms with van der Waals surface area (Å²) in [7, 11) is 0. The number of nitrogens with two attached hydrogens (primary N) is 1. The van der Waals surface area contributed by atoms with Crippen LogP contribution in [0.15, 0.2) is 4.99 Å². The van der Waals surface area contributed by atoms with Crippen LogP contribution in [0.1, 0.15) is 39.5 Å². The van der Waals surface area contributed by atoms with E-state index < -0.39 is 5.41 Å². The number of amidine groups is 1. The summed E-state index contributed by atoms with van der Waals surface area (Å²) in [5.41, 5.74) is 4.97. The minimum absolute atomic E-state index is 0.242. The summed E-state index contributed by atoms with van der Waals surface area (Å²) < 4.78 is 0. The second-order valence-electron chi connectivity index (χ2n) is 4.91. The van der Waals surface area contributed by atoms with Gasteiger partial charge in [-0.25, -0.2) is 0 Å². The molecule has 0 spiro atoms. The highest BCUT2D eigenvalue weighted by molar-refractivity contribution is 6.19. The Balaban J connectivity index is 2.25. The molecule has 0 aromatic heterocycles. The van der Waals surface area contributed by atoms with E-state index in [4.69, 9.17) is 5.73 Å². The van der Waals surface area contributed by atoms with E-state index in [9.17, 15) is 9.59 Å². The Kier molecular flexibility index (Phi) is 3.03.